The standard InChI is InChI=1S/C18H36O3S2/c1-6-7-8-9-10-13-16(22-4)17(23-5)14-11-12-15(20-2)18(19)21-3/h15-17H,6-14H2,1-5H3. The molecule has 0 N–H and O–H groups in total. The number of esters is 1. The van der Waals surface area contributed by atoms with Gasteiger partial charge in [0.2, 0.25) is 0 Å². The molecular weight excluding hydrogens is 328 g/mol. The molecule has 3 atom stereocenters. The van der Waals surface area contributed by atoms with Crippen LogP contribution in [0.25, 0.3) is 0 Å². The molecule has 0 radical (unpaired) electrons. The second kappa shape index (κ2) is 15.6. The Morgan fingerprint density at radius 2 is 1.43 bits per heavy atom. The van der Waals surface area contributed by atoms with Gasteiger partial charge in [0, 0.05) is 17.6 Å². The molecule has 0 aromatic rings. The molecule has 0 saturated heterocycles. The van der Waals surface area contributed by atoms with Gasteiger partial charge in [-0.3, -0.25) is 0 Å². The van der Waals surface area contributed by atoms with E-state index in [9.17, 15) is 4.79 Å². The summed E-state index contributed by atoms with van der Waals surface area (Å²) in [5, 5.41) is 1.37. The van der Waals surface area contributed by atoms with Gasteiger partial charge in [-0.25, -0.2) is 4.79 Å². The average molecular weight is 365 g/mol. The molecular formula is C18H36O3S2. The van der Waals surface area contributed by atoms with Crippen molar-refractivity contribution in [2.24, 2.45) is 0 Å². The molecule has 0 rings (SSSR count). The number of rotatable bonds is 15. The molecule has 0 bridgehead atoms. The first-order chi connectivity index (χ1) is 11.1. The van der Waals surface area contributed by atoms with Crippen LogP contribution in [0.2, 0.25) is 0 Å². The van der Waals surface area contributed by atoms with Crippen LogP contribution in [-0.4, -0.2) is 49.3 Å². The van der Waals surface area contributed by atoms with Crippen LogP contribution in [0.5, 0.6) is 0 Å². The van der Waals surface area contributed by atoms with Gasteiger partial charge in [0.1, 0.15) is 0 Å². The van der Waals surface area contributed by atoms with Gasteiger partial charge in [0.25, 0.3) is 0 Å². The van der Waals surface area contributed by atoms with Crippen molar-refractivity contribution in [2.75, 3.05) is 26.7 Å². The summed E-state index contributed by atoms with van der Waals surface area (Å²) in [4.78, 5) is 11.5. The fourth-order valence-corrected chi connectivity index (χ4v) is 5.18. The summed E-state index contributed by atoms with van der Waals surface area (Å²) in [6.07, 6.45) is 15.0. The highest BCUT2D eigenvalue weighted by Gasteiger charge is 2.22. The third-order valence-corrected chi connectivity index (χ3v) is 6.83. The molecule has 3 unspecified atom stereocenters. The molecule has 0 amide bonds. The van der Waals surface area contributed by atoms with E-state index in [1.54, 1.807) is 7.11 Å². The summed E-state index contributed by atoms with van der Waals surface area (Å²) < 4.78 is 9.99. The number of carbonyl (C=O) groups excluding carboxylic acids is 1. The summed E-state index contributed by atoms with van der Waals surface area (Å²) in [6, 6.07) is 0. The maximum absolute atomic E-state index is 11.5. The molecule has 0 aliphatic rings. The zero-order valence-corrected chi connectivity index (χ0v) is 17.3. The number of unbranched alkanes of at least 4 members (excludes halogenated alkanes) is 4. The molecule has 0 fully saturated rings. The Hall–Kier alpha value is 0.130. The van der Waals surface area contributed by atoms with Crippen molar-refractivity contribution in [1.82, 2.24) is 0 Å². The summed E-state index contributed by atoms with van der Waals surface area (Å²) in [6.45, 7) is 2.26. The van der Waals surface area contributed by atoms with E-state index in [-0.39, 0.29) is 5.97 Å². The van der Waals surface area contributed by atoms with Gasteiger partial charge in [-0.2, -0.15) is 23.5 Å². The van der Waals surface area contributed by atoms with Crippen molar-refractivity contribution in [1.29, 1.82) is 0 Å². The second-order valence-corrected chi connectivity index (χ2v) is 8.08. The minimum Gasteiger partial charge on any atom is -0.467 e. The highest BCUT2D eigenvalue weighted by atomic mass is 32.2. The van der Waals surface area contributed by atoms with E-state index < -0.39 is 6.10 Å². The lowest BCUT2D eigenvalue weighted by Gasteiger charge is -2.25. The lowest BCUT2D eigenvalue weighted by Crippen LogP contribution is -2.25. The van der Waals surface area contributed by atoms with Gasteiger partial charge < -0.3 is 9.47 Å². The highest BCUT2D eigenvalue weighted by molar-refractivity contribution is 8.03. The van der Waals surface area contributed by atoms with Gasteiger partial charge in [0.05, 0.1) is 7.11 Å². The van der Waals surface area contributed by atoms with Crippen molar-refractivity contribution in [3.05, 3.63) is 0 Å². The fourth-order valence-electron chi connectivity index (χ4n) is 2.83. The van der Waals surface area contributed by atoms with Crippen molar-refractivity contribution in [2.45, 2.75) is 81.3 Å². The van der Waals surface area contributed by atoms with Crippen molar-refractivity contribution in [3.63, 3.8) is 0 Å². The Labute approximate surface area is 152 Å². The average Bonchev–Trinajstić information content (AvgIpc) is 2.58. The number of ether oxygens (including phenoxy) is 2. The molecule has 3 nitrogen and oxygen atoms in total. The van der Waals surface area contributed by atoms with Crippen LogP contribution in [-0.2, 0) is 14.3 Å². The molecule has 0 heterocycles. The quantitative estimate of drug-likeness (QED) is 0.296. The zero-order chi connectivity index (χ0) is 17.5. The maximum atomic E-state index is 11.5. The molecule has 0 aromatic carbocycles. The Morgan fingerprint density at radius 1 is 0.870 bits per heavy atom. The lowest BCUT2D eigenvalue weighted by atomic mass is 10.0. The van der Waals surface area contributed by atoms with Crippen molar-refractivity contribution in [3.8, 4) is 0 Å². The Morgan fingerprint density at radius 3 is 1.91 bits per heavy atom. The van der Waals surface area contributed by atoms with Crippen molar-refractivity contribution >= 4 is 29.5 Å². The van der Waals surface area contributed by atoms with Crippen LogP contribution >= 0.6 is 23.5 Å². The van der Waals surface area contributed by atoms with Crippen LogP contribution in [0, 0.1) is 0 Å². The Balaban J connectivity index is 4.14. The summed E-state index contributed by atoms with van der Waals surface area (Å²) in [7, 11) is 3.00. The van der Waals surface area contributed by atoms with Gasteiger partial charge in [0.15, 0.2) is 6.10 Å². The zero-order valence-electron chi connectivity index (χ0n) is 15.6. The predicted molar refractivity (Wildman–Crippen MR) is 105 cm³/mol. The van der Waals surface area contributed by atoms with Gasteiger partial charge >= 0.3 is 5.97 Å². The highest BCUT2D eigenvalue weighted by Crippen LogP contribution is 2.30. The Kier molecular flexibility index (Phi) is 15.7. The molecule has 0 aromatic heterocycles. The monoisotopic (exact) mass is 364 g/mol. The maximum Gasteiger partial charge on any atom is 0.334 e. The lowest BCUT2D eigenvalue weighted by molar-refractivity contribution is -0.152. The predicted octanol–water partition coefficient (Wildman–Crippen LogP) is 5.17. The number of carbonyl (C=O) groups is 1. The summed E-state index contributed by atoms with van der Waals surface area (Å²) in [5.74, 6) is -0.259. The summed E-state index contributed by atoms with van der Waals surface area (Å²) >= 11 is 3.96. The van der Waals surface area contributed by atoms with Crippen LogP contribution in [0.15, 0.2) is 0 Å². The van der Waals surface area contributed by atoms with E-state index in [1.807, 2.05) is 23.5 Å². The summed E-state index contributed by atoms with van der Waals surface area (Å²) in [5.41, 5.74) is 0. The molecule has 0 saturated carbocycles. The van der Waals surface area contributed by atoms with Crippen molar-refractivity contribution < 1.29 is 14.3 Å². The first kappa shape index (κ1) is 23.1. The molecule has 0 aliphatic heterocycles. The molecule has 5 heteroatoms. The van der Waals surface area contributed by atoms with Crippen LogP contribution in [0.4, 0.5) is 0 Å². The van der Waals surface area contributed by atoms with E-state index in [2.05, 4.69) is 19.4 Å². The number of hydrogen-bond donors (Lipinski definition) is 0. The van der Waals surface area contributed by atoms with Gasteiger partial charge in [-0.15, -0.1) is 0 Å². The number of methoxy groups -OCH3 is 2. The third kappa shape index (κ3) is 10.6. The first-order valence-electron chi connectivity index (χ1n) is 8.80. The van der Waals surface area contributed by atoms with E-state index in [1.165, 1.54) is 45.6 Å². The second-order valence-electron chi connectivity index (χ2n) is 5.93. The largest absolute Gasteiger partial charge is 0.467 e. The molecule has 138 valence electrons. The van der Waals surface area contributed by atoms with Crippen LogP contribution in [0.3, 0.4) is 0 Å². The molecule has 0 spiro atoms. The third-order valence-electron chi connectivity index (χ3n) is 4.32. The van der Waals surface area contributed by atoms with E-state index in [4.69, 9.17) is 9.47 Å². The number of hydrogen-bond acceptors (Lipinski definition) is 5. The van der Waals surface area contributed by atoms with Gasteiger partial charge in [-0.05, 0) is 38.2 Å². The first-order valence-corrected chi connectivity index (χ1v) is 11.4. The van der Waals surface area contributed by atoms with E-state index in [0.29, 0.717) is 10.5 Å². The van der Waals surface area contributed by atoms with Gasteiger partial charge in [-0.1, -0.05) is 39.0 Å². The normalized spacial score (nSPS) is 15.2. The molecule has 23 heavy (non-hydrogen) atoms. The van der Waals surface area contributed by atoms with E-state index in [0.717, 1.165) is 19.3 Å². The smallest absolute Gasteiger partial charge is 0.334 e. The molecule has 0 aliphatic carbocycles. The topological polar surface area (TPSA) is 35.5 Å². The minimum atomic E-state index is -0.413. The fraction of sp³-hybridized carbons (Fsp3) is 0.944. The number of thioether (sulfide) groups is 2. The SMILES string of the molecule is CCCCCCCC(SC)C(CCCC(OC)C(=O)OC)SC. The Bertz CT molecular complexity index is 287. The van der Waals surface area contributed by atoms with Crippen LogP contribution < -0.4 is 0 Å². The van der Waals surface area contributed by atoms with E-state index >= 15 is 0 Å². The minimum absolute atomic E-state index is 0.259. The van der Waals surface area contributed by atoms with Crippen LogP contribution in [0.1, 0.15) is 64.7 Å².